The largest absolute Gasteiger partial charge is 0.381 e. The average Bonchev–Trinajstić information content (AvgIpc) is 3.25. The van der Waals surface area contributed by atoms with Crippen molar-refractivity contribution in [2.75, 3.05) is 40.4 Å². The second-order valence-corrected chi connectivity index (χ2v) is 6.23. The van der Waals surface area contributed by atoms with E-state index in [1.54, 1.807) is 0 Å². The molecular weight excluding hydrogens is 304 g/mol. The zero-order valence-electron chi connectivity index (χ0n) is 14.5. The van der Waals surface area contributed by atoms with Crippen LogP contribution in [-0.2, 0) is 11.2 Å². The molecule has 24 heavy (non-hydrogen) atoms. The molecule has 2 aromatic rings. The number of pyridine rings is 1. The van der Waals surface area contributed by atoms with Crippen LogP contribution in [0.2, 0.25) is 0 Å². The molecule has 1 aliphatic rings. The lowest BCUT2D eigenvalue weighted by Crippen LogP contribution is -2.41. The monoisotopic (exact) mass is 330 g/mol. The summed E-state index contributed by atoms with van der Waals surface area (Å²) in [5.41, 5.74) is 0.898. The number of aliphatic imine (C=N–C) groups is 1. The van der Waals surface area contributed by atoms with Crippen molar-refractivity contribution in [2.24, 2.45) is 10.9 Å². The van der Waals surface area contributed by atoms with Gasteiger partial charge in [-0.1, -0.05) is 6.07 Å². The van der Waals surface area contributed by atoms with Gasteiger partial charge in [0.2, 0.25) is 0 Å². The molecule has 1 atom stereocenters. The van der Waals surface area contributed by atoms with Crippen LogP contribution in [-0.4, -0.2) is 65.9 Å². The quantitative estimate of drug-likeness (QED) is 0.490. The summed E-state index contributed by atoms with van der Waals surface area (Å²) in [7, 11) is 3.91. The Kier molecular flexibility index (Phi) is 5.63. The van der Waals surface area contributed by atoms with E-state index < -0.39 is 0 Å². The molecular formula is C17H26N6O. The minimum atomic E-state index is 0.607. The summed E-state index contributed by atoms with van der Waals surface area (Å²) in [5.74, 6) is 2.54. The van der Waals surface area contributed by atoms with Crippen molar-refractivity contribution in [3.63, 3.8) is 0 Å². The van der Waals surface area contributed by atoms with Crippen molar-refractivity contribution in [3.8, 4) is 0 Å². The predicted octanol–water partition coefficient (Wildman–Crippen LogP) is 1.21. The van der Waals surface area contributed by atoms with Crippen LogP contribution in [0.15, 0.2) is 29.4 Å². The fraction of sp³-hybridized carbons (Fsp3) is 0.588. The molecule has 0 saturated carbocycles. The Labute approximate surface area is 142 Å². The lowest BCUT2D eigenvalue weighted by atomic mass is 10.1. The topological polar surface area (TPSA) is 67.0 Å². The fourth-order valence-electron chi connectivity index (χ4n) is 3.09. The Balaban J connectivity index is 1.44. The predicted molar refractivity (Wildman–Crippen MR) is 94.2 cm³/mol. The first kappa shape index (κ1) is 16.7. The van der Waals surface area contributed by atoms with Gasteiger partial charge >= 0.3 is 0 Å². The second-order valence-electron chi connectivity index (χ2n) is 6.23. The third-order valence-electron chi connectivity index (χ3n) is 4.37. The molecule has 7 heteroatoms. The highest BCUT2D eigenvalue weighted by molar-refractivity contribution is 5.79. The Morgan fingerprint density at radius 1 is 1.46 bits per heavy atom. The summed E-state index contributed by atoms with van der Waals surface area (Å²) in [6.07, 6.45) is 5.01. The highest BCUT2D eigenvalue weighted by atomic mass is 16.5. The van der Waals surface area contributed by atoms with Crippen LogP contribution in [0.4, 0.5) is 0 Å². The van der Waals surface area contributed by atoms with Crippen LogP contribution in [0.5, 0.6) is 0 Å². The first-order valence-corrected chi connectivity index (χ1v) is 8.56. The Morgan fingerprint density at radius 3 is 3.17 bits per heavy atom. The number of rotatable bonds is 6. The van der Waals surface area contributed by atoms with Gasteiger partial charge in [-0.15, -0.1) is 10.2 Å². The first-order chi connectivity index (χ1) is 11.8. The summed E-state index contributed by atoms with van der Waals surface area (Å²) in [5, 5.41) is 11.9. The number of nitrogens with one attached hydrogen (secondary N) is 1. The molecule has 1 aliphatic heterocycles. The third-order valence-corrected chi connectivity index (χ3v) is 4.37. The molecule has 7 nitrogen and oxygen atoms in total. The van der Waals surface area contributed by atoms with Crippen LogP contribution >= 0.6 is 0 Å². The van der Waals surface area contributed by atoms with Gasteiger partial charge in [0.25, 0.3) is 0 Å². The van der Waals surface area contributed by atoms with Gasteiger partial charge in [0, 0.05) is 52.3 Å². The second kappa shape index (κ2) is 8.10. The lowest BCUT2D eigenvalue weighted by molar-refractivity contribution is 0.181. The number of nitrogens with zero attached hydrogens (tertiary/aromatic N) is 5. The van der Waals surface area contributed by atoms with Crippen molar-refractivity contribution in [2.45, 2.75) is 19.3 Å². The van der Waals surface area contributed by atoms with E-state index >= 15 is 0 Å². The van der Waals surface area contributed by atoms with Crippen molar-refractivity contribution in [1.29, 1.82) is 0 Å². The van der Waals surface area contributed by atoms with E-state index in [1.807, 2.05) is 35.8 Å². The molecule has 2 aromatic heterocycles. The van der Waals surface area contributed by atoms with E-state index in [9.17, 15) is 0 Å². The first-order valence-electron chi connectivity index (χ1n) is 8.56. The van der Waals surface area contributed by atoms with E-state index in [-0.39, 0.29) is 0 Å². The number of aryl methyl sites for hydroxylation is 1. The number of guanidine groups is 1. The summed E-state index contributed by atoms with van der Waals surface area (Å²) >= 11 is 0. The van der Waals surface area contributed by atoms with Gasteiger partial charge in [0.1, 0.15) is 5.82 Å². The SMILES string of the molecule is CN=C(NCCCc1nnc2ccccn12)N(C)CC1CCOC1. The Bertz CT molecular complexity index is 677. The van der Waals surface area contributed by atoms with Gasteiger partial charge in [-0.25, -0.2) is 0 Å². The molecule has 3 heterocycles. The van der Waals surface area contributed by atoms with Crippen molar-refractivity contribution in [1.82, 2.24) is 24.8 Å². The van der Waals surface area contributed by atoms with E-state index in [0.717, 1.165) is 63.0 Å². The number of fused-ring (bicyclic) bond motifs is 1. The number of aromatic nitrogens is 3. The average molecular weight is 330 g/mol. The summed E-state index contributed by atoms with van der Waals surface area (Å²) < 4.78 is 7.49. The maximum Gasteiger partial charge on any atom is 0.193 e. The lowest BCUT2D eigenvalue weighted by Gasteiger charge is -2.24. The maximum atomic E-state index is 5.44. The molecule has 0 amide bonds. The molecule has 1 saturated heterocycles. The Hall–Kier alpha value is -2.15. The zero-order valence-corrected chi connectivity index (χ0v) is 14.5. The molecule has 0 spiro atoms. The molecule has 1 fully saturated rings. The van der Waals surface area contributed by atoms with Crippen molar-refractivity contribution < 1.29 is 4.74 Å². The molecule has 1 N–H and O–H groups in total. The van der Waals surface area contributed by atoms with Crippen molar-refractivity contribution >= 4 is 11.6 Å². The van der Waals surface area contributed by atoms with Crippen LogP contribution < -0.4 is 5.32 Å². The molecule has 0 aliphatic carbocycles. The van der Waals surface area contributed by atoms with Crippen LogP contribution in [0.3, 0.4) is 0 Å². The van der Waals surface area contributed by atoms with Crippen LogP contribution in [0.25, 0.3) is 5.65 Å². The van der Waals surface area contributed by atoms with E-state index in [0.29, 0.717) is 5.92 Å². The zero-order chi connectivity index (χ0) is 16.8. The van der Waals surface area contributed by atoms with E-state index in [4.69, 9.17) is 4.74 Å². The van der Waals surface area contributed by atoms with Crippen LogP contribution in [0, 0.1) is 5.92 Å². The van der Waals surface area contributed by atoms with Gasteiger partial charge in [-0.05, 0) is 25.0 Å². The molecule has 0 bridgehead atoms. The molecule has 0 radical (unpaired) electrons. The molecule has 0 aromatic carbocycles. The summed E-state index contributed by atoms with van der Waals surface area (Å²) in [6.45, 7) is 3.59. The highest BCUT2D eigenvalue weighted by Gasteiger charge is 2.18. The van der Waals surface area contributed by atoms with Crippen molar-refractivity contribution in [3.05, 3.63) is 30.2 Å². The van der Waals surface area contributed by atoms with Crippen LogP contribution in [0.1, 0.15) is 18.7 Å². The Morgan fingerprint density at radius 2 is 2.38 bits per heavy atom. The normalized spacial score (nSPS) is 18.2. The molecule has 130 valence electrons. The van der Waals surface area contributed by atoms with Gasteiger partial charge in [0.15, 0.2) is 11.6 Å². The van der Waals surface area contributed by atoms with Gasteiger partial charge < -0.3 is 15.0 Å². The maximum absolute atomic E-state index is 5.44. The highest BCUT2D eigenvalue weighted by Crippen LogP contribution is 2.13. The summed E-state index contributed by atoms with van der Waals surface area (Å²) in [4.78, 5) is 6.56. The van der Waals surface area contributed by atoms with E-state index in [1.165, 1.54) is 0 Å². The van der Waals surface area contributed by atoms with Gasteiger partial charge in [-0.2, -0.15) is 0 Å². The molecule has 1 unspecified atom stereocenters. The fourth-order valence-corrected chi connectivity index (χ4v) is 3.09. The third kappa shape index (κ3) is 4.03. The minimum Gasteiger partial charge on any atom is -0.381 e. The number of ether oxygens (including phenoxy) is 1. The van der Waals surface area contributed by atoms with Gasteiger partial charge in [-0.3, -0.25) is 9.39 Å². The van der Waals surface area contributed by atoms with E-state index in [2.05, 4.69) is 32.5 Å². The number of hydrogen-bond donors (Lipinski definition) is 1. The summed E-state index contributed by atoms with van der Waals surface area (Å²) in [6, 6.07) is 5.95. The smallest absolute Gasteiger partial charge is 0.193 e. The molecule has 3 rings (SSSR count). The standard InChI is InChI=1S/C17H26N6O/c1-18-17(22(2)12-14-8-11-24-13-14)19-9-5-7-16-21-20-15-6-3-4-10-23(15)16/h3-4,6,10,14H,5,7-9,11-13H2,1-2H3,(H,18,19). The minimum absolute atomic E-state index is 0.607. The van der Waals surface area contributed by atoms with Gasteiger partial charge in [0.05, 0.1) is 6.61 Å². The number of hydrogen-bond acceptors (Lipinski definition) is 4.